The van der Waals surface area contributed by atoms with Crippen LogP contribution in [-0.2, 0) is 0 Å². The largest absolute Gasteiger partial charge is 0.399 e. The maximum absolute atomic E-state index is 5.80. The van der Waals surface area contributed by atoms with E-state index in [1.165, 1.54) is 50.3 Å². The number of fused-ring (bicyclic) bond motifs is 4. The summed E-state index contributed by atoms with van der Waals surface area (Å²) in [6.45, 7) is 7.02. The second-order valence-electron chi connectivity index (χ2n) is 8.12. The van der Waals surface area contributed by atoms with Gasteiger partial charge in [0.25, 0.3) is 0 Å². The molecule has 0 aliphatic carbocycles. The SMILES string of the molecule is CN1C[C@@H]2C[C@H]1CN2.Cc1cc(N)ccc1N1C[C@@H]2C[C@H]1CN2C. The van der Waals surface area contributed by atoms with E-state index in [1.54, 1.807) is 0 Å². The molecule has 0 spiro atoms. The molecule has 4 bridgehead atoms. The highest BCUT2D eigenvalue weighted by molar-refractivity contribution is 5.61. The summed E-state index contributed by atoms with van der Waals surface area (Å²) in [6.07, 6.45) is 2.71. The zero-order valence-electron chi connectivity index (χ0n) is 15.2. The summed E-state index contributed by atoms with van der Waals surface area (Å²) < 4.78 is 0. The lowest BCUT2D eigenvalue weighted by Crippen LogP contribution is -2.44. The number of likely N-dealkylation sites (tertiary alicyclic amines) is 2. The van der Waals surface area contributed by atoms with E-state index in [1.807, 2.05) is 6.07 Å². The summed E-state index contributed by atoms with van der Waals surface area (Å²) >= 11 is 0. The van der Waals surface area contributed by atoms with Crippen LogP contribution in [0.1, 0.15) is 18.4 Å². The van der Waals surface area contributed by atoms with Crippen molar-refractivity contribution in [2.45, 2.75) is 43.9 Å². The molecule has 4 saturated heterocycles. The molecule has 0 unspecified atom stereocenters. The van der Waals surface area contributed by atoms with Crippen LogP contribution >= 0.6 is 0 Å². The Morgan fingerprint density at radius 2 is 1.79 bits per heavy atom. The van der Waals surface area contributed by atoms with Crippen molar-refractivity contribution in [3.05, 3.63) is 23.8 Å². The van der Waals surface area contributed by atoms with Crippen LogP contribution in [0.2, 0.25) is 0 Å². The molecule has 132 valence electrons. The molecule has 4 heterocycles. The maximum atomic E-state index is 5.80. The molecule has 1 aromatic carbocycles. The minimum absolute atomic E-state index is 0.706. The average Bonchev–Trinajstić information content (AvgIpc) is 3.28. The van der Waals surface area contributed by atoms with Gasteiger partial charge in [-0.2, -0.15) is 0 Å². The molecule has 4 atom stereocenters. The molecular weight excluding hydrogens is 298 g/mol. The second kappa shape index (κ2) is 6.21. The predicted molar refractivity (Wildman–Crippen MR) is 101 cm³/mol. The number of rotatable bonds is 1. The van der Waals surface area contributed by atoms with E-state index in [9.17, 15) is 0 Å². The molecule has 0 radical (unpaired) electrons. The van der Waals surface area contributed by atoms with E-state index >= 15 is 0 Å². The number of nitrogens with zero attached hydrogens (tertiary/aromatic N) is 3. The van der Waals surface area contributed by atoms with Gasteiger partial charge in [0.2, 0.25) is 0 Å². The summed E-state index contributed by atoms with van der Waals surface area (Å²) in [4.78, 5) is 7.48. The topological polar surface area (TPSA) is 47.8 Å². The third-order valence-corrected chi connectivity index (χ3v) is 6.38. The minimum atomic E-state index is 0.706. The van der Waals surface area contributed by atoms with Crippen molar-refractivity contribution in [1.82, 2.24) is 15.1 Å². The Balaban J connectivity index is 0.000000152. The van der Waals surface area contributed by atoms with Gasteiger partial charge in [0.1, 0.15) is 0 Å². The predicted octanol–water partition coefficient (Wildman–Crippen LogP) is 1.13. The molecule has 5 heteroatoms. The van der Waals surface area contributed by atoms with Gasteiger partial charge >= 0.3 is 0 Å². The van der Waals surface area contributed by atoms with E-state index in [0.717, 1.165) is 23.8 Å². The Hall–Kier alpha value is -1.30. The van der Waals surface area contributed by atoms with Gasteiger partial charge in [0, 0.05) is 61.7 Å². The van der Waals surface area contributed by atoms with Gasteiger partial charge in [-0.05, 0) is 57.6 Å². The second-order valence-corrected chi connectivity index (χ2v) is 8.12. The normalized spacial score (nSPS) is 34.7. The monoisotopic (exact) mass is 329 g/mol. The Morgan fingerprint density at radius 3 is 2.25 bits per heavy atom. The molecular formula is C19H31N5. The lowest BCUT2D eigenvalue weighted by atomic mass is 10.1. The lowest BCUT2D eigenvalue weighted by Gasteiger charge is -2.34. The summed E-state index contributed by atoms with van der Waals surface area (Å²) in [7, 11) is 4.45. The highest BCUT2D eigenvalue weighted by Gasteiger charge is 2.41. The van der Waals surface area contributed by atoms with Crippen LogP contribution in [0.15, 0.2) is 18.2 Å². The van der Waals surface area contributed by atoms with Gasteiger partial charge in [0.15, 0.2) is 0 Å². The number of anilines is 2. The van der Waals surface area contributed by atoms with Crippen LogP contribution in [-0.4, -0.2) is 74.2 Å². The Morgan fingerprint density at radius 1 is 1.00 bits per heavy atom. The van der Waals surface area contributed by atoms with Crippen molar-refractivity contribution in [2.75, 3.05) is 50.9 Å². The Labute approximate surface area is 145 Å². The molecule has 0 saturated carbocycles. The van der Waals surface area contributed by atoms with Gasteiger partial charge in [-0.1, -0.05) is 0 Å². The fourth-order valence-corrected chi connectivity index (χ4v) is 4.93. The molecule has 0 amide bonds. The molecule has 1 aromatic rings. The van der Waals surface area contributed by atoms with E-state index < -0.39 is 0 Å². The van der Waals surface area contributed by atoms with Gasteiger partial charge in [0.05, 0.1) is 0 Å². The van der Waals surface area contributed by atoms with Crippen LogP contribution in [0.5, 0.6) is 0 Å². The number of hydrogen-bond acceptors (Lipinski definition) is 5. The van der Waals surface area contributed by atoms with Crippen molar-refractivity contribution in [1.29, 1.82) is 0 Å². The van der Waals surface area contributed by atoms with E-state index in [-0.39, 0.29) is 0 Å². The van der Waals surface area contributed by atoms with E-state index in [2.05, 4.69) is 53.2 Å². The molecule has 4 fully saturated rings. The highest BCUT2D eigenvalue weighted by atomic mass is 15.3. The molecule has 3 N–H and O–H groups in total. The van der Waals surface area contributed by atoms with Crippen molar-refractivity contribution in [3.8, 4) is 0 Å². The molecule has 5 nitrogen and oxygen atoms in total. The number of nitrogens with one attached hydrogen (secondary N) is 1. The summed E-state index contributed by atoms with van der Waals surface area (Å²) in [5, 5.41) is 3.44. The summed E-state index contributed by atoms with van der Waals surface area (Å²) in [5.74, 6) is 0. The number of nitrogen functional groups attached to an aromatic ring is 1. The molecule has 0 aromatic heterocycles. The quantitative estimate of drug-likeness (QED) is 0.757. The number of nitrogens with two attached hydrogens (primary N) is 1. The lowest BCUT2D eigenvalue weighted by molar-refractivity contribution is 0.276. The molecule has 5 rings (SSSR count). The van der Waals surface area contributed by atoms with Gasteiger partial charge in [-0.25, -0.2) is 0 Å². The van der Waals surface area contributed by atoms with Crippen molar-refractivity contribution >= 4 is 11.4 Å². The first-order valence-electron chi connectivity index (χ1n) is 9.28. The van der Waals surface area contributed by atoms with Crippen molar-refractivity contribution < 1.29 is 0 Å². The van der Waals surface area contributed by atoms with Gasteiger partial charge in [-0.3, -0.25) is 4.90 Å². The van der Waals surface area contributed by atoms with Crippen molar-refractivity contribution in [3.63, 3.8) is 0 Å². The third kappa shape index (κ3) is 2.89. The first-order valence-corrected chi connectivity index (χ1v) is 9.28. The summed E-state index contributed by atoms with van der Waals surface area (Å²) in [5.41, 5.74) is 9.33. The molecule has 24 heavy (non-hydrogen) atoms. The van der Waals surface area contributed by atoms with Gasteiger partial charge in [-0.15, -0.1) is 0 Å². The van der Waals surface area contributed by atoms with E-state index in [0.29, 0.717) is 6.04 Å². The zero-order chi connectivity index (χ0) is 16.8. The fraction of sp³-hybridized carbons (Fsp3) is 0.684. The standard InChI is InChI=1S/C13H19N3.C6H12N2/c1-9-5-10(14)3-4-13(9)16-8-11-6-12(16)7-15(11)2;1-8-4-5-2-6(8)3-7-5/h3-5,11-12H,6-8,14H2,1-2H3;5-7H,2-4H2,1H3/t11-,12-;5-,6-/m00/s1. The first kappa shape index (κ1) is 16.2. The van der Waals surface area contributed by atoms with Crippen LogP contribution in [0.3, 0.4) is 0 Å². The highest BCUT2D eigenvalue weighted by Crippen LogP contribution is 2.35. The number of hydrogen-bond donors (Lipinski definition) is 2. The van der Waals surface area contributed by atoms with Crippen LogP contribution < -0.4 is 16.0 Å². The average molecular weight is 329 g/mol. The number of aryl methyl sites for hydroxylation is 1. The fourth-order valence-electron chi connectivity index (χ4n) is 4.93. The van der Waals surface area contributed by atoms with Crippen LogP contribution in [0, 0.1) is 6.92 Å². The minimum Gasteiger partial charge on any atom is -0.399 e. The molecule has 4 aliphatic rings. The number of piperazine rings is 2. The Bertz CT molecular complexity index is 599. The maximum Gasteiger partial charge on any atom is 0.0433 e. The van der Waals surface area contributed by atoms with Gasteiger partial charge < -0.3 is 20.9 Å². The smallest absolute Gasteiger partial charge is 0.0433 e. The number of likely N-dealkylation sites (N-methyl/N-ethyl adjacent to an activating group) is 2. The van der Waals surface area contributed by atoms with Crippen LogP contribution in [0.25, 0.3) is 0 Å². The number of benzene rings is 1. The van der Waals surface area contributed by atoms with Crippen molar-refractivity contribution in [2.24, 2.45) is 0 Å². The first-order chi connectivity index (χ1) is 11.5. The van der Waals surface area contributed by atoms with Crippen LogP contribution in [0.4, 0.5) is 11.4 Å². The van der Waals surface area contributed by atoms with E-state index in [4.69, 9.17) is 5.73 Å². The third-order valence-electron chi connectivity index (χ3n) is 6.38. The summed E-state index contributed by atoms with van der Waals surface area (Å²) in [6, 6.07) is 9.40. The Kier molecular flexibility index (Phi) is 4.19. The molecule has 4 aliphatic heterocycles. The zero-order valence-corrected chi connectivity index (χ0v) is 15.2.